The van der Waals surface area contributed by atoms with E-state index in [2.05, 4.69) is 37.9 Å². The summed E-state index contributed by atoms with van der Waals surface area (Å²) in [4.78, 5) is 34.8. The van der Waals surface area contributed by atoms with Crippen molar-refractivity contribution >= 4 is 55.8 Å². The van der Waals surface area contributed by atoms with Crippen molar-refractivity contribution in [1.29, 1.82) is 0 Å². The van der Waals surface area contributed by atoms with Gasteiger partial charge in [0.25, 0.3) is 0 Å². The van der Waals surface area contributed by atoms with Crippen molar-refractivity contribution in [2.75, 3.05) is 17.3 Å². The zero-order valence-electron chi connectivity index (χ0n) is 11.7. The minimum atomic E-state index is -2.04. The lowest BCUT2D eigenvalue weighted by Crippen LogP contribution is -2.44. The average molecular weight is 356 g/mol. The number of rotatable bonds is 10. The molecule has 0 rings (SSSR count). The highest BCUT2D eigenvalue weighted by Crippen LogP contribution is 2.23. The average Bonchev–Trinajstić information content (AvgIpc) is 2.39. The summed E-state index contributed by atoms with van der Waals surface area (Å²) in [6, 6.07) is 0. The van der Waals surface area contributed by atoms with Gasteiger partial charge in [-0.1, -0.05) is 6.92 Å². The zero-order chi connectivity index (χ0) is 16.3. The summed E-state index contributed by atoms with van der Waals surface area (Å²) in [5.41, 5.74) is 0. The normalized spacial score (nSPS) is 10.9. The molecule has 0 aromatic heterocycles. The SMILES string of the molecule is CCC(OC(=O)CCS)(OC(=O)CCS)OC(=O)CCS. The standard InChI is InChI=1S/C12H20O6S3/c1-2-12(16-9(13)3-6-19,17-10(14)4-7-20)18-11(15)5-8-21/h19-21H,2-8H2,1H3. The van der Waals surface area contributed by atoms with Crippen LogP contribution in [-0.2, 0) is 28.6 Å². The molecule has 0 bridgehead atoms. The Hall–Kier alpha value is -0.540. The minimum absolute atomic E-state index is 0.000895. The second-order valence-corrected chi connectivity index (χ2v) is 5.22. The van der Waals surface area contributed by atoms with Gasteiger partial charge in [-0.15, -0.1) is 0 Å². The maximum atomic E-state index is 11.6. The molecule has 6 nitrogen and oxygen atoms in total. The molecule has 0 spiro atoms. The summed E-state index contributed by atoms with van der Waals surface area (Å²) in [5, 5.41) is 0. The number of esters is 3. The highest BCUT2D eigenvalue weighted by Gasteiger charge is 2.41. The summed E-state index contributed by atoms with van der Waals surface area (Å²) in [5.74, 6) is -3.30. The Bertz CT molecular complexity index is 311. The van der Waals surface area contributed by atoms with Gasteiger partial charge in [0, 0.05) is 17.3 Å². The summed E-state index contributed by atoms with van der Waals surface area (Å²) < 4.78 is 15.1. The zero-order valence-corrected chi connectivity index (χ0v) is 14.4. The van der Waals surface area contributed by atoms with Crippen LogP contribution in [0.3, 0.4) is 0 Å². The van der Waals surface area contributed by atoms with E-state index in [0.717, 1.165) is 0 Å². The number of carbonyl (C=O) groups excluding carboxylic acids is 3. The van der Waals surface area contributed by atoms with Gasteiger partial charge in [-0.2, -0.15) is 37.9 Å². The van der Waals surface area contributed by atoms with E-state index in [1.165, 1.54) is 0 Å². The Morgan fingerprint density at radius 1 is 0.762 bits per heavy atom. The maximum absolute atomic E-state index is 11.6. The topological polar surface area (TPSA) is 78.9 Å². The van der Waals surface area contributed by atoms with E-state index >= 15 is 0 Å². The van der Waals surface area contributed by atoms with Crippen molar-refractivity contribution in [2.45, 2.75) is 38.6 Å². The number of hydrogen-bond donors (Lipinski definition) is 3. The molecule has 0 unspecified atom stereocenters. The van der Waals surface area contributed by atoms with Crippen LogP contribution in [0, 0.1) is 0 Å². The van der Waals surface area contributed by atoms with E-state index in [9.17, 15) is 14.4 Å². The molecule has 21 heavy (non-hydrogen) atoms. The van der Waals surface area contributed by atoms with Crippen LogP contribution in [-0.4, -0.2) is 41.1 Å². The second kappa shape index (κ2) is 11.1. The third-order valence-corrected chi connectivity index (χ3v) is 2.86. The summed E-state index contributed by atoms with van der Waals surface area (Å²) in [7, 11) is 0. The molecular weight excluding hydrogens is 336 g/mol. The number of ether oxygens (including phenoxy) is 3. The molecule has 0 fully saturated rings. The van der Waals surface area contributed by atoms with Crippen LogP contribution in [0.15, 0.2) is 0 Å². The second-order valence-electron chi connectivity index (χ2n) is 3.88. The number of hydrogen-bond acceptors (Lipinski definition) is 9. The largest absolute Gasteiger partial charge is 0.423 e. The first-order chi connectivity index (χ1) is 9.92. The fraction of sp³-hybridized carbons (Fsp3) is 0.750. The Morgan fingerprint density at radius 2 is 1.05 bits per heavy atom. The van der Waals surface area contributed by atoms with Crippen molar-refractivity contribution in [3.05, 3.63) is 0 Å². The Kier molecular flexibility index (Phi) is 10.8. The van der Waals surface area contributed by atoms with Crippen LogP contribution in [0.25, 0.3) is 0 Å². The summed E-state index contributed by atoms with van der Waals surface area (Å²) in [6.07, 6.45) is -0.0285. The number of carbonyl (C=O) groups is 3. The molecular formula is C12H20O6S3. The van der Waals surface area contributed by atoms with Gasteiger partial charge >= 0.3 is 23.9 Å². The van der Waals surface area contributed by atoms with Crippen LogP contribution in [0.4, 0.5) is 0 Å². The molecule has 0 atom stereocenters. The van der Waals surface area contributed by atoms with Gasteiger partial charge in [0.05, 0.1) is 25.7 Å². The summed E-state index contributed by atoms with van der Waals surface area (Å²) >= 11 is 11.7. The van der Waals surface area contributed by atoms with E-state index in [0.29, 0.717) is 0 Å². The Balaban J connectivity index is 5.02. The fourth-order valence-electron chi connectivity index (χ4n) is 1.23. The fourth-order valence-corrected chi connectivity index (χ4v) is 1.77. The lowest BCUT2D eigenvalue weighted by molar-refractivity contribution is -0.330. The lowest BCUT2D eigenvalue weighted by Gasteiger charge is -2.30. The molecule has 0 aromatic rings. The van der Waals surface area contributed by atoms with Gasteiger partial charge in [-0.25, -0.2) is 0 Å². The van der Waals surface area contributed by atoms with Gasteiger partial charge in [-0.3, -0.25) is 14.4 Å². The molecule has 122 valence electrons. The van der Waals surface area contributed by atoms with E-state index < -0.39 is 23.9 Å². The van der Waals surface area contributed by atoms with E-state index in [4.69, 9.17) is 14.2 Å². The maximum Gasteiger partial charge on any atom is 0.423 e. The van der Waals surface area contributed by atoms with Gasteiger partial charge in [0.2, 0.25) is 0 Å². The van der Waals surface area contributed by atoms with E-state index in [-0.39, 0.29) is 42.9 Å². The molecule has 0 amide bonds. The predicted molar refractivity (Wildman–Crippen MR) is 86.7 cm³/mol. The van der Waals surface area contributed by atoms with Crippen molar-refractivity contribution in [2.24, 2.45) is 0 Å². The highest BCUT2D eigenvalue weighted by atomic mass is 32.1. The third-order valence-electron chi connectivity index (χ3n) is 2.19. The molecule has 0 radical (unpaired) electrons. The molecule has 0 aliphatic carbocycles. The van der Waals surface area contributed by atoms with Crippen LogP contribution in [0.5, 0.6) is 0 Å². The van der Waals surface area contributed by atoms with Crippen molar-refractivity contribution in [1.82, 2.24) is 0 Å². The molecule has 0 heterocycles. The van der Waals surface area contributed by atoms with Crippen molar-refractivity contribution in [3.63, 3.8) is 0 Å². The molecule has 0 aliphatic heterocycles. The van der Waals surface area contributed by atoms with Crippen LogP contribution < -0.4 is 0 Å². The predicted octanol–water partition coefficient (Wildman–Crippen LogP) is 1.64. The van der Waals surface area contributed by atoms with Gasteiger partial charge in [-0.05, 0) is 0 Å². The molecule has 9 heteroatoms. The lowest BCUT2D eigenvalue weighted by atomic mass is 10.3. The molecule has 0 saturated heterocycles. The number of thiol groups is 3. The minimum Gasteiger partial charge on any atom is -0.388 e. The van der Waals surface area contributed by atoms with E-state index in [1.807, 2.05) is 0 Å². The van der Waals surface area contributed by atoms with Crippen molar-refractivity contribution in [3.8, 4) is 0 Å². The van der Waals surface area contributed by atoms with Crippen LogP contribution >= 0.6 is 37.9 Å². The first kappa shape index (κ1) is 20.5. The van der Waals surface area contributed by atoms with Crippen LogP contribution in [0.1, 0.15) is 32.6 Å². The summed E-state index contributed by atoms with van der Waals surface area (Å²) in [6.45, 7) is 1.57. The van der Waals surface area contributed by atoms with Crippen molar-refractivity contribution < 1.29 is 28.6 Å². The molecule has 0 aromatic carbocycles. The van der Waals surface area contributed by atoms with Crippen LogP contribution in [0.2, 0.25) is 0 Å². The third kappa shape index (κ3) is 8.47. The highest BCUT2D eigenvalue weighted by molar-refractivity contribution is 7.80. The first-order valence-electron chi connectivity index (χ1n) is 6.41. The van der Waals surface area contributed by atoms with Gasteiger partial charge in [0.1, 0.15) is 0 Å². The Morgan fingerprint density at radius 3 is 1.24 bits per heavy atom. The van der Waals surface area contributed by atoms with E-state index in [1.54, 1.807) is 6.92 Å². The Labute approximate surface area is 140 Å². The smallest absolute Gasteiger partial charge is 0.388 e. The monoisotopic (exact) mass is 356 g/mol. The molecule has 0 saturated carbocycles. The quantitative estimate of drug-likeness (QED) is 0.314. The molecule has 0 aliphatic rings. The first-order valence-corrected chi connectivity index (χ1v) is 8.30. The van der Waals surface area contributed by atoms with Gasteiger partial charge in [0.15, 0.2) is 0 Å². The van der Waals surface area contributed by atoms with Gasteiger partial charge < -0.3 is 14.2 Å². The molecule has 0 N–H and O–H groups in total.